The largest absolute Gasteiger partial charge is 0.407 e. The van der Waals surface area contributed by atoms with Crippen LogP contribution in [-0.4, -0.2) is 26.8 Å². The number of terminal acetylenes is 1. The van der Waals surface area contributed by atoms with E-state index in [9.17, 15) is 18.0 Å². The van der Waals surface area contributed by atoms with Crippen molar-refractivity contribution >= 4 is 40.4 Å². The number of carbonyl (C=O) groups excluding carboxylic acids is 1. The monoisotopic (exact) mass is 792 g/mol. The lowest BCUT2D eigenvalue weighted by atomic mass is 9.75. The summed E-state index contributed by atoms with van der Waals surface area (Å²) >= 11 is 5.49. The minimum atomic E-state index is -4.71. The van der Waals surface area contributed by atoms with E-state index in [4.69, 9.17) is 30.5 Å². The molecule has 1 saturated heterocycles. The van der Waals surface area contributed by atoms with Crippen molar-refractivity contribution in [3.63, 3.8) is 0 Å². The zero-order valence-electron chi connectivity index (χ0n) is 30.7. The summed E-state index contributed by atoms with van der Waals surface area (Å²) in [6.45, 7) is 8.78. The maximum Gasteiger partial charge on any atom is 0.407 e. The van der Waals surface area contributed by atoms with Crippen LogP contribution in [0.15, 0.2) is 24.3 Å². The number of alkyl halides is 3. The van der Waals surface area contributed by atoms with Crippen LogP contribution in [0.2, 0.25) is 0 Å². The molecule has 60 heavy (non-hydrogen) atoms. The van der Waals surface area contributed by atoms with Crippen molar-refractivity contribution < 1.29 is 18.0 Å². The van der Waals surface area contributed by atoms with E-state index in [0.29, 0.717) is 18.7 Å². The second-order valence-corrected chi connectivity index (χ2v) is 11.0. The SMILES string of the molecule is C#CC#CC#CC#CC#CC#CC#CC#CC#CC#CC#CC#CC#CC#CC#CC#N.[C-]#[N+]c1ccc(N2C(=O)C3(CCC3)N(c3cc(C)[nH]n3)C2=S)cc1C(F)(F)F. The Hall–Kier alpha value is -10.0. The van der Waals surface area contributed by atoms with Gasteiger partial charge in [0.25, 0.3) is 5.91 Å². The molecule has 1 aliphatic carbocycles. The van der Waals surface area contributed by atoms with Gasteiger partial charge in [-0.3, -0.25) is 19.7 Å². The van der Waals surface area contributed by atoms with Crippen molar-refractivity contribution in [2.24, 2.45) is 0 Å². The smallest absolute Gasteiger partial charge is 0.286 e. The molecule has 2 fully saturated rings. The first-order valence-corrected chi connectivity index (χ1v) is 16.7. The van der Waals surface area contributed by atoms with E-state index in [2.05, 4.69) is 187 Å². The van der Waals surface area contributed by atoms with E-state index < -0.39 is 23.0 Å². The number of aromatic amines is 1. The molecule has 1 N–H and O–H groups in total. The third kappa shape index (κ3) is 13.4. The fourth-order valence-corrected chi connectivity index (χ4v) is 5.01. The third-order valence-corrected chi connectivity index (χ3v) is 7.36. The number of thiocarbonyl (C=S) groups is 1. The number of hydrogen-bond donors (Lipinski definition) is 1. The number of aryl methyl sites for hydroxylation is 1. The molecule has 1 aliphatic heterocycles. The highest BCUT2D eigenvalue weighted by molar-refractivity contribution is 7.81. The van der Waals surface area contributed by atoms with E-state index in [1.54, 1.807) is 24.0 Å². The van der Waals surface area contributed by atoms with E-state index >= 15 is 0 Å². The van der Waals surface area contributed by atoms with Gasteiger partial charge in [0.15, 0.2) is 22.7 Å². The maximum absolute atomic E-state index is 13.4. The number of nitriles is 1. The number of aromatic nitrogens is 2. The Bertz CT molecular complexity index is 3080. The maximum atomic E-state index is 13.4. The molecule has 11 heteroatoms. The molecule has 2 aromatic rings. The van der Waals surface area contributed by atoms with Crippen LogP contribution in [0.4, 0.5) is 30.4 Å². The Morgan fingerprint density at radius 3 is 1.48 bits per heavy atom. The fraction of sp³-hybridized carbons (Fsp3) is 0.122. The highest BCUT2D eigenvalue weighted by Gasteiger charge is 2.60. The van der Waals surface area contributed by atoms with Crippen LogP contribution in [0.25, 0.3) is 4.85 Å². The number of anilines is 2. The van der Waals surface area contributed by atoms with Crippen LogP contribution in [0.1, 0.15) is 30.5 Å². The number of rotatable bonds is 2. The van der Waals surface area contributed by atoms with Gasteiger partial charge in [0.05, 0.1) is 12.1 Å². The molecule has 0 bridgehead atoms. The summed E-state index contributed by atoms with van der Waals surface area (Å²) in [5, 5.41) is 15.2. The summed E-state index contributed by atoms with van der Waals surface area (Å²) in [5.74, 6) is 70.4. The second kappa shape index (κ2) is 23.7. The lowest BCUT2D eigenvalue weighted by molar-refractivity contribution is -0.137. The molecule has 1 spiro atoms. The summed E-state index contributed by atoms with van der Waals surface area (Å²) in [6.07, 6.45) is 2.10. The van der Waals surface area contributed by atoms with Crippen LogP contribution in [0, 0.1) is 203 Å². The van der Waals surface area contributed by atoms with Crippen LogP contribution in [-0.2, 0) is 11.0 Å². The predicted octanol–water partition coefficient (Wildman–Crippen LogP) is 4.54. The van der Waals surface area contributed by atoms with E-state index in [1.165, 1.54) is 6.07 Å². The average Bonchev–Trinajstić information content (AvgIpc) is 3.75. The summed E-state index contributed by atoms with van der Waals surface area (Å²) < 4.78 is 40.1. The van der Waals surface area contributed by atoms with Crippen molar-refractivity contribution in [2.75, 3.05) is 9.80 Å². The number of hydrogen-bond acceptors (Lipinski definition) is 4. The molecule has 1 aromatic carbocycles. The van der Waals surface area contributed by atoms with Crippen molar-refractivity contribution in [3.8, 4) is 184 Å². The van der Waals surface area contributed by atoms with E-state index in [1.807, 2.05) is 0 Å². The van der Waals surface area contributed by atoms with Crippen LogP contribution in [0.5, 0.6) is 0 Å². The molecule has 0 unspecified atom stereocenters. The molecular weight excluding hydrogens is 778 g/mol. The molecule has 4 rings (SSSR count). The van der Waals surface area contributed by atoms with Gasteiger partial charge in [0.1, 0.15) is 5.54 Å². The first-order valence-electron chi connectivity index (χ1n) is 16.2. The van der Waals surface area contributed by atoms with Gasteiger partial charge in [-0.2, -0.15) is 23.5 Å². The van der Waals surface area contributed by atoms with Gasteiger partial charge in [-0.15, -0.1) is 6.42 Å². The van der Waals surface area contributed by atoms with Gasteiger partial charge >= 0.3 is 6.18 Å². The van der Waals surface area contributed by atoms with Gasteiger partial charge in [-0.25, -0.2) is 4.85 Å². The summed E-state index contributed by atoms with van der Waals surface area (Å²) in [4.78, 5) is 18.9. The first kappa shape index (κ1) is 44.4. The van der Waals surface area contributed by atoms with Gasteiger partial charge in [0.2, 0.25) is 0 Å². The van der Waals surface area contributed by atoms with E-state index in [-0.39, 0.29) is 16.7 Å². The Labute approximate surface area is 351 Å². The number of carbonyl (C=O) groups is 1. The quantitative estimate of drug-likeness (QED) is 0.275. The summed E-state index contributed by atoms with van der Waals surface area (Å²) in [5.41, 5.74) is -1.76. The van der Waals surface area contributed by atoms with Gasteiger partial charge in [0, 0.05) is 142 Å². The zero-order chi connectivity index (χ0) is 43.5. The number of nitrogens with one attached hydrogen (secondary N) is 1. The van der Waals surface area contributed by atoms with Crippen LogP contribution >= 0.6 is 12.2 Å². The van der Waals surface area contributed by atoms with Crippen LogP contribution in [0.3, 0.4) is 0 Å². The Morgan fingerprint density at radius 2 is 1.17 bits per heavy atom. The molecular formula is C49H15F3N6OS. The first-order chi connectivity index (χ1) is 29.1. The lowest BCUT2D eigenvalue weighted by Gasteiger charge is -2.41. The highest BCUT2D eigenvalue weighted by atomic mass is 32.1. The molecule has 1 saturated carbocycles. The van der Waals surface area contributed by atoms with Crippen LogP contribution < -0.4 is 9.80 Å². The molecule has 2 aliphatic rings. The summed E-state index contributed by atoms with van der Waals surface area (Å²) in [7, 11) is 0. The number of amides is 1. The number of halogens is 3. The molecule has 1 aromatic heterocycles. The number of benzene rings is 1. The van der Waals surface area contributed by atoms with Crippen molar-refractivity contribution in [3.05, 3.63) is 46.9 Å². The standard InChI is InChI=1S/C31HN.C18H14F3N5OS/c1-2-3-4-5-6-7-8-9-10-11-12-13-14-15-16-17-18-19-20-21-22-23-24-25-26-27-28-29-30-31-32;1-10-8-14(24-23-10)26-16(28)25(15(27)17(26)6-3-7-17)11-4-5-13(22-2)12(9-11)18(19,20)21/h1H;4-5,8-9H,3,6-7H2,1H3,(H,23,24). The Balaban J connectivity index is 0.000000322. The number of H-pyrrole nitrogens is 1. The molecule has 274 valence electrons. The third-order valence-electron chi connectivity index (χ3n) is 6.99. The lowest BCUT2D eigenvalue weighted by Crippen LogP contribution is -2.55. The molecule has 0 atom stereocenters. The Kier molecular flexibility index (Phi) is 17.5. The molecule has 2 heterocycles. The predicted molar refractivity (Wildman–Crippen MR) is 223 cm³/mol. The van der Waals surface area contributed by atoms with Gasteiger partial charge in [-0.1, -0.05) is 6.07 Å². The minimum absolute atomic E-state index is 0.00393. The van der Waals surface area contributed by atoms with Crippen molar-refractivity contribution in [2.45, 2.75) is 37.9 Å². The topological polar surface area (TPSA) is 80.4 Å². The normalized spacial score (nSPS) is 10.7. The minimum Gasteiger partial charge on any atom is -0.286 e. The highest BCUT2D eigenvalue weighted by Crippen LogP contribution is 2.48. The average molecular weight is 793 g/mol. The molecule has 1 amide bonds. The molecule has 7 nitrogen and oxygen atoms in total. The van der Waals surface area contributed by atoms with Crippen molar-refractivity contribution in [1.29, 1.82) is 5.26 Å². The van der Waals surface area contributed by atoms with Gasteiger partial charge in [-0.05, 0) is 97.9 Å². The van der Waals surface area contributed by atoms with E-state index in [0.717, 1.165) is 29.1 Å². The zero-order valence-corrected chi connectivity index (χ0v) is 31.5. The van der Waals surface area contributed by atoms with Gasteiger partial charge < -0.3 is 0 Å². The second-order valence-electron chi connectivity index (χ2n) is 10.6. The summed E-state index contributed by atoms with van der Waals surface area (Å²) in [6, 6.07) is 6.56. The number of nitrogens with zero attached hydrogens (tertiary/aromatic N) is 5. The van der Waals surface area contributed by atoms with Crippen molar-refractivity contribution in [1.82, 2.24) is 10.2 Å². The molecule has 0 radical (unpaired) electrons. The fourth-order valence-electron chi connectivity index (χ4n) is 4.55. The Morgan fingerprint density at radius 1 is 0.750 bits per heavy atom.